The van der Waals surface area contributed by atoms with Crippen molar-refractivity contribution in [2.45, 2.75) is 6.54 Å². The summed E-state index contributed by atoms with van der Waals surface area (Å²) in [6.45, 7) is 0.839. The Morgan fingerprint density at radius 3 is 2.56 bits per heavy atom. The molecule has 84 valence electrons. The third-order valence-electron chi connectivity index (χ3n) is 2.00. The number of rotatable bonds is 3. The molecule has 0 saturated heterocycles. The van der Waals surface area contributed by atoms with Crippen molar-refractivity contribution in [3.63, 3.8) is 0 Å². The minimum Gasteiger partial charge on any atom is -0.379 e. The van der Waals surface area contributed by atoms with Crippen molar-refractivity contribution in [3.05, 3.63) is 47.9 Å². The van der Waals surface area contributed by atoms with E-state index in [9.17, 15) is 0 Å². The third kappa shape index (κ3) is 3.32. The van der Waals surface area contributed by atoms with E-state index in [1.807, 2.05) is 12.1 Å². The highest BCUT2D eigenvalue weighted by molar-refractivity contribution is 9.11. The molecule has 2 rings (SSSR count). The largest absolute Gasteiger partial charge is 0.379 e. The Morgan fingerprint density at radius 2 is 1.88 bits per heavy atom. The summed E-state index contributed by atoms with van der Waals surface area (Å²) in [6.07, 6.45) is 0. The maximum Gasteiger partial charge on any atom is 0.0498 e. The van der Waals surface area contributed by atoms with Gasteiger partial charge in [0.25, 0.3) is 0 Å². The van der Waals surface area contributed by atoms with Crippen LogP contribution in [0.2, 0.25) is 0 Å². The zero-order valence-electron chi connectivity index (χ0n) is 8.14. The second-order valence-electron chi connectivity index (χ2n) is 3.21. The molecule has 0 amide bonds. The Balaban J connectivity index is 2.07. The van der Waals surface area contributed by atoms with Gasteiger partial charge in [-0.25, -0.2) is 0 Å². The molecule has 0 aliphatic rings. The average molecular weight is 426 g/mol. The molecule has 1 nitrogen and oxygen atoms in total. The number of hydrogen-bond donors (Lipinski definition) is 1. The molecule has 16 heavy (non-hydrogen) atoms. The summed E-state index contributed by atoms with van der Waals surface area (Å²) in [7, 11) is 0. The van der Waals surface area contributed by atoms with Crippen LogP contribution in [-0.4, -0.2) is 0 Å². The molecule has 0 fully saturated rings. The predicted molar refractivity (Wildman–Crippen MR) is 81.2 cm³/mol. The fourth-order valence-electron chi connectivity index (χ4n) is 1.26. The molecule has 1 heterocycles. The van der Waals surface area contributed by atoms with Crippen molar-refractivity contribution in [1.29, 1.82) is 0 Å². The third-order valence-corrected chi connectivity index (χ3v) is 4.89. The van der Waals surface area contributed by atoms with Crippen molar-refractivity contribution in [2.75, 3.05) is 5.32 Å². The van der Waals surface area contributed by atoms with E-state index in [4.69, 9.17) is 0 Å². The summed E-state index contributed by atoms with van der Waals surface area (Å²) in [4.78, 5) is 1.30. The molecule has 0 bridgehead atoms. The summed E-state index contributed by atoms with van der Waals surface area (Å²) in [5.74, 6) is 0. The second-order valence-corrected chi connectivity index (χ2v) is 6.89. The highest BCUT2D eigenvalue weighted by Crippen LogP contribution is 2.27. The average Bonchev–Trinajstić information content (AvgIpc) is 2.66. The van der Waals surface area contributed by atoms with Crippen molar-refractivity contribution in [2.24, 2.45) is 0 Å². The molecule has 0 aliphatic heterocycles. The van der Waals surface area contributed by atoms with Gasteiger partial charge in [-0.1, -0.05) is 15.9 Å². The first-order chi connectivity index (χ1) is 7.65. The van der Waals surface area contributed by atoms with Gasteiger partial charge in [0.2, 0.25) is 0 Å². The zero-order valence-corrected chi connectivity index (χ0v) is 13.7. The van der Waals surface area contributed by atoms with E-state index in [2.05, 4.69) is 70.6 Å². The van der Waals surface area contributed by atoms with E-state index in [1.54, 1.807) is 11.3 Å². The van der Waals surface area contributed by atoms with E-state index in [-0.39, 0.29) is 0 Å². The minimum atomic E-state index is 0.839. The lowest BCUT2D eigenvalue weighted by atomic mass is 10.3. The number of nitrogens with one attached hydrogen (secondary N) is 1. The van der Waals surface area contributed by atoms with Crippen molar-refractivity contribution < 1.29 is 0 Å². The molecule has 0 atom stereocenters. The van der Waals surface area contributed by atoms with Gasteiger partial charge >= 0.3 is 0 Å². The molecule has 1 aromatic heterocycles. The molecule has 0 unspecified atom stereocenters. The molecule has 1 N–H and O–H groups in total. The lowest BCUT2D eigenvalue weighted by molar-refractivity contribution is 1.19. The van der Waals surface area contributed by atoms with Crippen LogP contribution in [0, 0.1) is 0 Å². The topological polar surface area (TPSA) is 12.0 Å². The molecule has 0 aliphatic carbocycles. The van der Waals surface area contributed by atoms with Crippen LogP contribution in [0.25, 0.3) is 0 Å². The SMILES string of the molecule is Brc1csc(CNc2cc(Br)ccc2Br)c1. The molecule has 0 radical (unpaired) electrons. The molecular weight excluding hydrogens is 418 g/mol. The first-order valence-corrected chi connectivity index (χ1v) is 7.83. The molecular formula is C11H8Br3NS. The zero-order chi connectivity index (χ0) is 11.5. The Kier molecular flexibility index (Phi) is 4.47. The number of halogens is 3. The van der Waals surface area contributed by atoms with Gasteiger partial charge in [0.05, 0.1) is 0 Å². The van der Waals surface area contributed by atoms with Gasteiger partial charge in [0, 0.05) is 35.9 Å². The fourth-order valence-corrected chi connectivity index (χ4v) is 3.40. The van der Waals surface area contributed by atoms with Crippen LogP contribution in [0.3, 0.4) is 0 Å². The quantitative estimate of drug-likeness (QED) is 0.670. The summed E-state index contributed by atoms with van der Waals surface area (Å²) in [5.41, 5.74) is 1.10. The molecule has 0 spiro atoms. The summed E-state index contributed by atoms with van der Waals surface area (Å²) < 4.78 is 3.29. The monoisotopic (exact) mass is 423 g/mol. The van der Waals surface area contributed by atoms with Gasteiger partial charge < -0.3 is 5.32 Å². The predicted octanol–water partition coefficient (Wildman–Crippen LogP) is 5.65. The van der Waals surface area contributed by atoms with E-state index in [0.29, 0.717) is 0 Å². The van der Waals surface area contributed by atoms with E-state index in [0.717, 1.165) is 25.7 Å². The van der Waals surface area contributed by atoms with Gasteiger partial charge in [-0.15, -0.1) is 11.3 Å². The molecule has 5 heteroatoms. The Morgan fingerprint density at radius 1 is 1.06 bits per heavy atom. The number of thiophene rings is 1. The molecule has 2 aromatic rings. The van der Waals surface area contributed by atoms with Gasteiger partial charge in [0.15, 0.2) is 0 Å². The van der Waals surface area contributed by atoms with Crippen LogP contribution in [0.4, 0.5) is 5.69 Å². The fraction of sp³-hybridized carbons (Fsp3) is 0.0909. The Labute approximate surface area is 124 Å². The number of anilines is 1. The highest BCUT2D eigenvalue weighted by Gasteiger charge is 2.02. The highest BCUT2D eigenvalue weighted by atomic mass is 79.9. The van der Waals surface area contributed by atoms with Crippen LogP contribution >= 0.6 is 59.1 Å². The standard InChI is InChI=1S/C11H8Br3NS/c12-7-1-2-10(14)11(4-7)15-5-9-3-8(13)6-16-9/h1-4,6,15H,5H2. The van der Waals surface area contributed by atoms with Gasteiger partial charge in [-0.05, 0) is 56.1 Å². The molecule has 1 aromatic carbocycles. The van der Waals surface area contributed by atoms with Crippen LogP contribution in [0.15, 0.2) is 43.1 Å². The summed E-state index contributed by atoms with van der Waals surface area (Å²) >= 11 is 12.2. The maximum absolute atomic E-state index is 3.52. The van der Waals surface area contributed by atoms with Gasteiger partial charge in [0.1, 0.15) is 0 Å². The lowest BCUT2D eigenvalue weighted by Crippen LogP contribution is -1.97. The maximum atomic E-state index is 3.52. The molecule has 0 saturated carbocycles. The second kappa shape index (κ2) is 5.67. The van der Waals surface area contributed by atoms with Crippen LogP contribution < -0.4 is 5.32 Å². The summed E-state index contributed by atoms with van der Waals surface area (Å²) in [5, 5.41) is 5.49. The van der Waals surface area contributed by atoms with E-state index in [1.165, 1.54) is 4.88 Å². The van der Waals surface area contributed by atoms with E-state index < -0.39 is 0 Å². The van der Waals surface area contributed by atoms with Crippen LogP contribution in [0.1, 0.15) is 4.88 Å². The van der Waals surface area contributed by atoms with Crippen LogP contribution in [-0.2, 0) is 6.54 Å². The van der Waals surface area contributed by atoms with Gasteiger partial charge in [-0.2, -0.15) is 0 Å². The summed E-state index contributed by atoms with van der Waals surface area (Å²) in [6, 6.07) is 8.23. The van der Waals surface area contributed by atoms with E-state index >= 15 is 0 Å². The minimum absolute atomic E-state index is 0.839. The van der Waals surface area contributed by atoms with Crippen molar-refractivity contribution in [3.8, 4) is 0 Å². The van der Waals surface area contributed by atoms with Crippen LogP contribution in [0.5, 0.6) is 0 Å². The normalized spacial score (nSPS) is 10.4. The van der Waals surface area contributed by atoms with Gasteiger partial charge in [-0.3, -0.25) is 0 Å². The lowest BCUT2D eigenvalue weighted by Gasteiger charge is -2.07. The Hall–Kier alpha value is 0.160. The van der Waals surface area contributed by atoms with Crippen molar-refractivity contribution in [1.82, 2.24) is 0 Å². The first kappa shape index (κ1) is 12.6. The Bertz CT molecular complexity index is 496. The van der Waals surface area contributed by atoms with Crippen molar-refractivity contribution >= 4 is 64.8 Å². The smallest absolute Gasteiger partial charge is 0.0498 e. The number of benzene rings is 1. The number of hydrogen-bond acceptors (Lipinski definition) is 2. The first-order valence-electron chi connectivity index (χ1n) is 4.57.